The molecule has 1 saturated carbocycles. The van der Waals surface area contributed by atoms with Crippen LogP contribution in [0.25, 0.3) is 0 Å². The van der Waals surface area contributed by atoms with Gasteiger partial charge in [0.2, 0.25) is 0 Å². The fraction of sp³-hybridized carbons (Fsp3) is 0.417. The molecule has 154 valence electrons. The van der Waals surface area contributed by atoms with Gasteiger partial charge in [-0.1, -0.05) is 24.3 Å². The molecule has 0 N–H and O–H groups in total. The van der Waals surface area contributed by atoms with Crippen LogP contribution in [0.5, 0.6) is 0 Å². The maximum absolute atomic E-state index is 14.3. The Balaban J connectivity index is 1.74. The zero-order chi connectivity index (χ0) is 20.8. The fourth-order valence-electron chi connectivity index (χ4n) is 5.48. The highest BCUT2D eigenvalue weighted by Crippen LogP contribution is 2.54. The summed E-state index contributed by atoms with van der Waals surface area (Å²) in [6.07, 6.45) is 2.69. The summed E-state index contributed by atoms with van der Waals surface area (Å²) in [4.78, 5) is 0. The molecule has 0 saturated heterocycles. The normalized spacial score (nSPS) is 27.0. The Labute approximate surface area is 167 Å². The number of rotatable bonds is 2. The Morgan fingerprint density at radius 1 is 0.966 bits per heavy atom. The van der Waals surface area contributed by atoms with Crippen molar-refractivity contribution in [1.29, 1.82) is 0 Å². The van der Waals surface area contributed by atoms with Crippen molar-refractivity contribution in [3.05, 3.63) is 82.4 Å². The molecule has 0 nitrogen and oxygen atoms in total. The molecular weight excluding hydrogens is 383 g/mol. The first-order valence-electron chi connectivity index (χ1n) is 10.1. The van der Waals surface area contributed by atoms with Crippen molar-refractivity contribution >= 4 is 0 Å². The monoisotopic (exact) mass is 406 g/mol. The molecule has 0 spiro atoms. The molecule has 2 aromatic carbocycles. The number of benzene rings is 2. The molecule has 0 unspecified atom stereocenters. The van der Waals surface area contributed by atoms with Gasteiger partial charge in [-0.3, -0.25) is 0 Å². The summed E-state index contributed by atoms with van der Waals surface area (Å²) >= 11 is 0. The van der Waals surface area contributed by atoms with Gasteiger partial charge in [-0.05, 0) is 91.2 Å². The van der Waals surface area contributed by atoms with E-state index in [9.17, 15) is 22.0 Å². The van der Waals surface area contributed by atoms with Gasteiger partial charge in [0, 0.05) is 6.07 Å². The Hall–Kier alpha value is -2.17. The maximum Gasteiger partial charge on any atom is 0.416 e. The lowest BCUT2D eigenvalue weighted by molar-refractivity contribution is -0.137. The minimum Gasteiger partial charge on any atom is -0.207 e. The highest BCUT2D eigenvalue weighted by Gasteiger charge is 2.43. The van der Waals surface area contributed by atoms with E-state index in [0.29, 0.717) is 12.0 Å². The standard InChI is InChI=1S/C24H23F5/c1-2-3-14-6-9-18-20(11-10-19-21(18)12-17(25)13-22(19)26)23(14)15-4-7-16(8-5-15)24(27,28)29/h2-5,7-8,12-14,18,20,23H,6,9-11H2,1H3/b3-2+/t14-,18-,20+,23-/m1/s1. The molecule has 0 radical (unpaired) electrons. The number of allylic oxidation sites excluding steroid dienone is 2. The Morgan fingerprint density at radius 3 is 2.34 bits per heavy atom. The van der Waals surface area contributed by atoms with Crippen molar-refractivity contribution in [2.75, 3.05) is 0 Å². The first-order valence-corrected chi connectivity index (χ1v) is 10.1. The second-order valence-electron chi connectivity index (χ2n) is 8.18. The van der Waals surface area contributed by atoms with Crippen LogP contribution >= 0.6 is 0 Å². The van der Waals surface area contributed by atoms with Crippen LogP contribution in [0, 0.1) is 23.5 Å². The summed E-state index contributed by atoms with van der Waals surface area (Å²) in [5, 5.41) is 0. The Bertz CT molecular complexity index is 910. The average Bonchev–Trinajstić information content (AvgIpc) is 2.67. The Morgan fingerprint density at radius 2 is 1.69 bits per heavy atom. The predicted octanol–water partition coefficient (Wildman–Crippen LogP) is 7.40. The zero-order valence-corrected chi connectivity index (χ0v) is 16.1. The van der Waals surface area contributed by atoms with E-state index in [0.717, 1.165) is 48.6 Å². The molecule has 0 amide bonds. The first-order chi connectivity index (χ1) is 13.8. The summed E-state index contributed by atoms with van der Waals surface area (Å²) < 4.78 is 67.2. The summed E-state index contributed by atoms with van der Waals surface area (Å²) in [5.41, 5.74) is 1.56. The van der Waals surface area contributed by atoms with Crippen LogP contribution < -0.4 is 0 Å². The number of hydrogen-bond donors (Lipinski definition) is 0. The molecule has 2 aliphatic rings. The van der Waals surface area contributed by atoms with Gasteiger partial charge >= 0.3 is 6.18 Å². The van der Waals surface area contributed by atoms with E-state index < -0.39 is 23.4 Å². The third-order valence-corrected chi connectivity index (χ3v) is 6.63. The van der Waals surface area contributed by atoms with Gasteiger partial charge in [0.25, 0.3) is 0 Å². The van der Waals surface area contributed by atoms with Crippen LogP contribution in [-0.4, -0.2) is 0 Å². The van der Waals surface area contributed by atoms with Crippen LogP contribution in [0.2, 0.25) is 0 Å². The largest absolute Gasteiger partial charge is 0.416 e. The van der Waals surface area contributed by atoms with Crippen LogP contribution in [0.4, 0.5) is 22.0 Å². The number of fused-ring (bicyclic) bond motifs is 3. The van der Waals surface area contributed by atoms with Crippen molar-refractivity contribution in [2.45, 2.75) is 50.6 Å². The van der Waals surface area contributed by atoms with Crippen molar-refractivity contribution in [3.63, 3.8) is 0 Å². The summed E-state index contributed by atoms with van der Waals surface area (Å²) in [5.74, 6) is -0.638. The molecular formula is C24H23F5. The number of alkyl halides is 3. The van der Waals surface area contributed by atoms with Crippen LogP contribution in [-0.2, 0) is 12.6 Å². The number of hydrogen-bond acceptors (Lipinski definition) is 0. The first kappa shape index (κ1) is 20.1. The van der Waals surface area contributed by atoms with E-state index in [4.69, 9.17) is 0 Å². The van der Waals surface area contributed by atoms with Crippen molar-refractivity contribution in [2.24, 2.45) is 11.8 Å². The van der Waals surface area contributed by atoms with E-state index in [-0.39, 0.29) is 23.7 Å². The third kappa shape index (κ3) is 3.72. The quantitative estimate of drug-likeness (QED) is 0.360. The van der Waals surface area contributed by atoms with E-state index in [1.807, 2.05) is 13.0 Å². The molecule has 0 bridgehead atoms. The van der Waals surface area contributed by atoms with Gasteiger partial charge in [0.15, 0.2) is 0 Å². The molecule has 0 heterocycles. The molecule has 5 heteroatoms. The van der Waals surface area contributed by atoms with Crippen LogP contribution in [0.15, 0.2) is 48.6 Å². The minimum absolute atomic E-state index is 0.0257. The van der Waals surface area contributed by atoms with Gasteiger partial charge in [-0.15, -0.1) is 0 Å². The fourth-order valence-corrected chi connectivity index (χ4v) is 5.48. The van der Waals surface area contributed by atoms with Crippen LogP contribution in [0.3, 0.4) is 0 Å². The van der Waals surface area contributed by atoms with E-state index in [1.54, 1.807) is 12.1 Å². The summed E-state index contributed by atoms with van der Waals surface area (Å²) in [7, 11) is 0. The maximum atomic E-state index is 14.3. The summed E-state index contributed by atoms with van der Waals surface area (Å²) in [6, 6.07) is 7.83. The molecule has 29 heavy (non-hydrogen) atoms. The van der Waals surface area contributed by atoms with Crippen molar-refractivity contribution in [3.8, 4) is 0 Å². The van der Waals surface area contributed by atoms with E-state index in [2.05, 4.69) is 6.08 Å². The van der Waals surface area contributed by atoms with Crippen LogP contribution in [0.1, 0.15) is 60.3 Å². The topological polar surface area (TPSA) is 0 Å². The van der Waals surface area contributed by atoms with Crippen molar-refractivity contribution < 1.29 is 22.0 Å². The minimum atomic E-state index is -4.37. The van der Waals surface area contributed by atoms with E-state index in [1.165, 1.54) is 6.07 Å². The number of halogens is 5. The molecule has 0 aromatic heterocycles. The van der Waals surface area contributed by atoms with Gasteiger partial charge in [-0.2, -0.15) is 13.2 Å². The SMILES string of the molecule is C/C=C/[C@@H]1CC[C@H]2c3cc(F)cc(F)c3CC[C@@H]2[C@H]1c1ccc(C(F)(F)F)cc1. The summed E-state index contributed by atoms with van der Waals surface area (Å²) in [6.45, 7) is 1.94. The lowest BCUT2D eigenvalue weighted by Crippen LogP contribution is -2.35. The lowest BCUT2D eigenvalue weighted by Gasteiger charge is -2.46. The zero-order valence-electron chi connectivity index (χ0n) is 16.1. The smallest absolute Gasteiger partial charge is 0.207 e. The molecule has 4 rings (SSSR count). The van der Waals surface area contributed by atoms with Gasteiger partial charge < -0.3 is 0 Å². The molecule has 1 fully saturated rings. The molecule has 0 aliphatic heterocycles. The molecule has 2 aromatic rings. The molecule has 4 atom stereocenters. The highest BCUT2D eigenvalue weighted by atomic mass is 19.4. The Kier molecular flexibility index (Phi) is 5.26. The van der Waals surface area contributed by atoms with E-state index >= 15 is 0 Å². The van der Waals surface area contributed by atoms with Gasteiger partial charge in [0.05, 0.1) is 5.56 Å². The third-order valence-electron chi connectivity index (χ3n) is 6.63. The van der Waals surface area contributed by atoms with Gasteiger partial charge in [-0.25, -0.2) is 8.78 Å². The second kappa shape index (κ2) is 7.58. The average molecular weight is 406 g/mol. The molecule has 2 aliphatic carbocycles. The highest BCUT2D eigenvalue weighted by molar-refractivity contribution is 5.39. The second-order valence-corrected chi connectivity index (χ2v) is 8.18. The van der Waals surface area contributed by atoms with Crippen molar-refractivity contribution in [1.82, 2.24) is 0 Å². The lowest BCUT2D eigenvalue weighted by atomic mass is 9.58. The predicted molar refractivity (Wildman–Crippen MR) is 103 cm³/mol. The van der Waals surface area contributed by atoms with Gasteiger partial charge in [0.1, 0.15) is 11.6 Å².